The van der Waals surface area contributed by atoms with E-state index >= 15 is 0 Å². The van der Waals surface area contributed by atoms with Crippen LogP contribution in [0.5, 0.6) is 17.2 Å². The zero-order valence-corrected chi connectivity index (χ0v) is 16.6. The number of amides is 1. The van der Waals surface area contributed by atoms with Crippen LogP contribution in [0.1, 0.15) is 61.0 Å². The van der Waals surface area contributed by atoms with Crippen LogP contribution in [0, 0.1) is 0 Å². The Morgan fingerprint density at radius 3 is 1.96 bits per heavy atom. The third kappa shape index (κ3) is 4.64. The monoisotopic (exact) mass is 370 g/mol. The molecule has 0 unspecified atom stereocenters. The minimum atomic E-state index is -0.485. The van der Waals surface area contributed by atoms with Gasteiger partial charge in [-0.05, 0) is 53.3 Å². The third-order valence-electron chi connectivity index (χ3n) is 4.28. The van der Waals surface area contributed by atoms with Crippen LogP contribution in [-0.2, 0) is 0 Å². The van der Waals surface area contributed by atoms with E-state index in [0.717, 1.165) is 11.1 Å². The molecule has 0 saturated carbocycles. The van der Waals surface area contributed by atoms with Crippen molar-refractivity contribution < 1.29 is 19.4 Å². The number of carbonyl (C=O) groups is 1. The van der Waals surface area contributed by atoms with Gasteiger partial charge in [-0.25, -0.2) is 0 Å². The first kappa shape index (κ1) is 20.4. The Hall–Kier alpha value is -2.89. The number of phenols is 1. The van der Waals surface area contributed by atoms with Gasteiger partial charge >= 0.3 is 0 Å². The molecule has 2 rings (SSSR count). The maximum atomic E-state index is 12.4. The molecule has 2 aromatic rings. The van der Waals surface area contributed by atoms with E-state index in [9.17, 15) is 9.90 Å². The maximum absolute atomic E-state index is 12.4. The van der Waals surface area contributed by atoms with Crippen LogP contribution in [0.3, 0.4) is 0 Å². The van der Waals surface area contributed by atoms with Gasteiger partial charge in [-0.15, -0.1) is 10.2 Å². The lowest BCUT2D eigenvalue weighted by atomic mass is 9.93. The predicted molar refractivity (Wildman–Crippen MR) is 105 cm³/mol. The fourth-order valence-electron chi connectivity index (χ4n) is 2.73. The molecule has 1 N–H and O–H groups in total. The number of hydrogen-bond donors (Lipinski definition) is 1. The average Bonchev–Trinajstić information content (AvgIpc) is 2.65. The van der Waals surface area contributed by atoms with Crippen molar-refractivity contribution in [1.29, 1.82) is 0 Å². The van der Waals surface area contributed by atoms with E-state index in [4.69, 9.17) is 9.47 Å². The van der Waals surface area contributed by atoms with Crippen LogP contribution >= 0.6 is 0 Å². The molecule has 0 fully saturated rings. The second-order valence-electron chi connectivity index (χ2n) is 6.86. The first-order valence-corrected chi connectivity index (χ1v) is 8.83. The van der Waals surface area contributed by atoms with E-state index in [-0.39, 0.29) is 17.6 Å². The Morgan fingerprint density at radius 2 is 1.48 bits per heavy atom. The number of azo groups is 1. The van der Waals surface area contributed by atoms with Crippen molar-refractivity contribution in [2.75, 3.05) is 14.2 Å². The molecule has 0 heterocycles. The lowest BCUT2D eigenvalue weighted by molar-refractivity contribution is 0.0994. The first-order valence-electron chi connectivity index (χ1n) is 8.83. The Morgan fingerprint density at radius 1 is 0.926 bits per heavy atom. The molecule has 6 heteroatoms. The number of hydrogen-bond acceptors (Lipinski definition) is 5. The summed E-state index contributed by atoms with van der Waals surface area (Å²) in [6, 6.07) is 8.35. The van der Waals surface area contributed by atoms with Gasteiger partial charge in [0.15, 0.2) is 11.5 Å². The highest BCUT2D eigenvalue weighted by atomic mass is 16.5. The smallest absolute Gasteiger partial charge is 0.295 e. The normalized spacial score (nSPS) is 11.4. The number of phenolic OH excluding ortho intramolecular Hbond substituents is 1. The number of aromatic hydroxyl groups is 1. The van der Waals surface area contributed by atoms with Gasteiger partial charge in [0, 0.05) is 5.56 Å². The van der Waals surface area contributed by atoms with Crippen molar-refractivity contribution in [1.82, 2.24) is 0 Å². The van der Waals surface area contributed by atoms with Gasteiger partial charge in [-0.1, -0.05) is 27.7 Å². The van der Waals surface area contributed by atoms with E-state index in [0.29, 0.717) is 22.7 Å². The van der Waals surface area contributed by atoms with Crippen LogP contribution in [0.15, 0.2) is 40.6 Å². The summed E-state index contributed by atoms with van der Waals surface area (Å²) in [4.78, 5) is 12.4. The van der Waals surface area contributed by atoms with E-state index in [1.807, 2.05) is 27.7 Å². The molecule has 0 atom stereocenters. The number of ether oxygens (including phenoxy) is 2. The molecule has 27 heavy (non-hydrogen) atoms. The quantitative estimate of drug-likeness (QED) is 0.673. The molecule has 0 aliphatic carbocycles. The molecule has 0 aliphatic heterocycles. The van der Waals surface area contributed by atoms with Crippen molar-refractivity contribution in [3.8, 4) is 17.2 Å². The molecule has 0 radical (unpaired) electrons. The molecule has 0 aliphatic rings. The molecule has 0 bridgehead atoms. The summed E-state index contributed by atoms with van der Waals surface area (Å²) in [5, 5.41) is 18.4. The average molecular weight is 370 g/mol. The molecule has 144 valence electrons. The van der Waals surface area contributed by atoms with Crippen molar-refractivity contribution in [3.05, 3.63) is 47.0 Å². The van der Waals surface area contributed by atoms with Crippen LogP contribution < -0.4 is 9.47 Å². The van der Waals surface area contributed by atoms with Gasteiger partial charge in [-0.2, -0.15) is 0 Å². The lowest BCUT2D eigenvalue weighted by Gasteiger charge is -2.15. The predicted octanol–water partition coefficient (Wildman–Crippen LogP) is 5.58. The topological polar surface area (TPSA) is 80.5 Å². The van der Waals surface area contributed by atoms with Crippen molar-refractivity contribution in [2.24, 2.45) is 10.2 Å². The second kappa shape index (κ2) is 8.66. The maximum Gasteiger partial charge on any atom is 0.295 e. The van der Waals surface area contributed by atoms with Crippen LogP contribution in [0.2, 0.25) is 0 Å². The van der Waals surface area contributed by atoms with Crippen molar-refractivity contribution in [2.45, 2.75) is 39.5 Å². The fourth-order valence-corrected chi connectivity index (χ4v) is 2.73. The van der Waals surface area contributed by atoms with E-state index in [2.05, 4.69) is 10.2 Å². The Bertz CT molecular complexity index is 828. The number of benzene rings is 2. The third-order valence-corrected chi connectivity index (χ3v) is 4.28. The Kier molecular flexibility index (Phi) is 6.55. The highest BCUT2D eigenvalue weighted by Crippen LogP contribution is 2.37. The molecular weight excluding hydrogens is 344 g/mol. The number of nitrogens with zero attached hydrogens (tertiary/aromatic N) is 2. The van der Waals surface area contributed by atoms with E-state index < -0.39 is 5.91 Å². The molecular formula is C21H26N2O4. The summed E-state index contributed by atoms with van der Waals surface area (Å²) in [6.07, 6.45) is 0. The van der Waals surface area contributed by atoms with Gasteiger partial charge in [0.05, 0.1) is 19.9 Å². The van der Waals surface area contributed by atoms with Gasteiger partial charge in [0.2, 0.25) is 0 Å². The summed E-state index contributed by atoms with van der Waals surface area (Å²) < 4.78 is 10.4. The first-order chi connectivity index (χ1) is 12.8. The van der Waals surface area contributed by atoms with Crippen LogP contribution in [0.4, 0.5) is 5.69 Å². The van der Waals surface area contributed by atoms with Crippen LogP contribution in [0.25, 0.3) is 0 Å². The van der Waals surface area contributed by atoms with Crippen LogP contribution in [-0.4, -0.2) is 25.2 Å². The highest BCUT2D eigenvalue weighted by Gasteiger charge is 2.16. The standard InChI is InChI=1S/C21H26N2O4/c1-12(2)16-10-15(11-17(13(3)4)20(16)24)22-23-21(25)14-7-8-18(26-5)19(9-14)27-6/h7-13,24H,1-6H3. The summed E-state index contributed by atoms with van der Waals surface area (Å²) in [7, 11) is 3.04. The van der Waals surface area contributed by atoms with Gasteiger partial charge in [-0.3, -0.25) is 4.79 Å². The van der Waals surface area contributed by atoms with Crippen molar-refractivity contribution >= 4 is 11.6 Å². The summed E-state index contributed by atoms with van der Waals surface area (Å²) in [6.45, 7) is 7.98. The Balaban J connectivity index is 2.36. The fraction of sp³-hybridized carbons (Fsp3) is 0.381. The summed E-state index contributed by atoms with van der Waals surface area (Å²) in [5.41, 5.74) is 2.46. The van der Waals surface area contributed by atoms with E-state index in [1.54, 1.807) is 30.3 Å². The molecule has 1 amide bonds. The molecule has 0 aromatic heterocycles. The highest BCUT2D eigenvalue weighted by molar-refractivity contribution is 5.95. The summed E-state index contributed by atoms with van der Waals surface area (Å²) >= 11 is 0. The minimum absolute atomic E-state index is 0.124. The zero-order chi connectivity index (χ0) is 20.1. The second-order valence-corrected chi connectivity index (χ2v) is 6.86. The van der Waals surface area contributed by atoms with Gasteiger partial charge in [0.25, 0.3) is 5.91 Å². The summed E-state index contributed by atoms with van der Waals surface area (Å²) in [5.74, 6) is 1.03. The number of rotatable bonds is 6. The zero-order valence-electron chi connectivity index (χ0n) is 16.6. The van der Waals surface area contributed by atoms with Gasteiger partial charge < -0.3 is 14.6 Å². The largest absolute Gasteiger partial charge is 0.507 e. The minimum Gasteiger partial charge on any atom is -0.507 e. The van der Waals surface area contributed by atoms with E-state index in [1.165, 1.54) is 14.2 Å². The Labute approximate surface area is 159 Å². The van der Waals surface area contributed by atoms with Crippen molar-refractivity contribution in [3.63, 3.8) is 0 Å². The molecule has 0 spiro atoms. The molecule has 0 saturated heterocycles. The number of carbonyl (C=O) groups excluding carboxylic acids is 1. The number of methoxy groups -OCH3 is 2. The molecule has 6 nitrogen and oxygen atoms in total. The van der Waals surface area contributed by atoms with Gasteiger partial charge in [0.1, 0.15) is 5.75 Å². The lowest BCUT2D eigenvalue weighted by Crippen LogP contribution is -1.97. The molecule has 2 aromatic carbocycles. The SMILES string of the molecule is COc1ccc(C(=O)N=Nc2cc(C(C)C)c(O)c(C(C)C)c2)cc1OC.